The van der Waals surface area contributed by atoms with Gasteiger partial charge in [0.05, 0.1) is 0 Å². The summed E-state index contributed by atoms with van der Waals surface area (Å²) in [7, 11) is 0. The molecule has 1 rings (SSSR count). The topological polar surface area (TPSA) is 38.0 Å². The predicted octanol–water partition coefficient (Wildman–Crippen LogP) is 2.79. The van der Waals surface area contributed by atoms with Gasteiger partial charge in [0.25, 0.3) is 0 Å². The average Bonchev–Trinajstić information content (AvgIpc) is 2.28. The molecule has 0 saturated heterocycles. The van der Waals surface area contributed by atoms with E-state index < -0.39 is 0 Å². The number of hydrogen-bond donors (Lipinski definition) is 2. The van der Waals surface area contributed by atoms with Gasteiger partial charge in [0.2, 0.25) is 0 Å². The van der Waals surface area contributed by atoms with E-state index in [2.05, 4.69) is 43.4 Å². The first-order valence-electron chi connectivity index (χ1n) is 5.85. The first-order chi connectivity index (χ1) is 7.30. The van der Waals surface area contributed by atoms with Crippen molar-refractivity contribution in [3.63, 3.8) is 0 Å². The number of anilines is 1. The van der Waals surface area contributed by atoms with Crippen LogP contribution in [0.3, 0.4) is 0 Å². The Morgan fingerprint density at radius 3 is 2.20 bits per heavy atom. The molecule has 0 aromatic heterocycles. The third kappa shape index (κ3) is 3.92. The standard InChI is InChI=1S/C13H22N2/c1-3-12(4-2)15-13-7-5-11(6-8-13)9-10-14/h5-8,12,15H,3-4,9-10,14H2,1-2H3. The predicted molar refractivity (Wildman–Crippen MR) is 67.2 cm³/mol. The van der Waals surface area contributed by atoms with Crippen LogP contribution in [0.1, 0.15) is 32.3 Å². The van der Waals surface area contributed by atoms with E-state index in [1.54, 1.807) is 0 Å². The molecule has 2 heteroatoms. The quantitative estimate of drug-likeness (QED) is 0.751. The van der Waals surface area contributed by atoms with E-state index in [1.807, 2.05) is 0 Å². The van der Waals surface area contributed by atoms with Crippen LogP contribution in [0, 0.1) is 0 Å². The molecule has 0 amide bonds. The molecule has 0 saturated carbocycles. The zero-order chi connectivity index (χ0) is 11.1. The van der Waals surface area contributed by atoms with Gasteiger partial charge in [0, 0.05) is 11.7 Å². The van der Waals surface area contributed by atoms with Gasteiger partial charge in [-0.15, -0.1) is 0 Å². The van der Waals surface area contributed by atoms with Crippen molar-refractivity contribution in [1.29, 1.82) is 0 Å². The average molecular weight is 206 g/mol. The van der Waals surface area contributed by atoms with Crippen molar-refractivity contribution >= 4 is 5.69 Å². The molecule has 1 aromatic carbocycles. The minimum absolute atomic E-state index is 0.588. The SMILES string of the molecule is CCC(CC)Nc1ccc(CCN)cc1. The Hall–Kier alpha value is -1.02. The highest BCUT2D eigenvalue weighted by atomic mass is 14.9. The van der Waals surface area contributed by atoms with Crippen molar-refractivity contribution in [1.82, 2.24) is 0 Å². The lowest BCUT2D eigenvalue weighted by Crippen LogP contribution is -2.16. The number of nitrogens with two attached hydrogens (primary N) is 1. The lowest BCUT2D eigenvalue weighted by atomic mass is 10.1. The highest BCUT2D eigenvalue weighted by molar-refractivity contribution is 5.45. The fraction of sp³-hybridized carbons (Fsp3) is 0.538. The van der Waals surface area contributed by atoms with E-state index in [0.717, 1.165) is 13.0 Å². The van der Waals surface area contributed by atoms with E-state index in [1.165, 1.54) is 24.1 Å². The lowest BCUT2D eigenvalue weighted by molar-refractivity contribution is 0.672. The Bertz CT molecular complexity index is 262. The Balaban J connectivity index is 2.55. The van der Waals surface area contributed by atoms with E-state index in [9.17, 15) is 0 Å². The van der Waals surface area contributed by atoms with Gasteiger partial charge in [0.15, 0.2) is 0 Å². The highest BCUT2D eigenvalue weighted by Gasteiger charge is 2.02. The smallest absolute Gasteiger partial charge is 0.0342 e. The second kappa shape index (κ2) is 6.46. The van der Waals surface area contributed by atoms with E-state index in [4.69, 9.17) is 5.73 Å². The van der Waals surface area contributed by atoms with Crippen molar-refractivity contribution in [2.45, 2.75) is 39.2 Å². The second-order valence-electron chi connectivity index (χ2n) is 3.89. The molecule has 2 nitrogen and oxygen atoms in total. The Morgan fingerprint density at radius 2 is 1.73 bits per heavy atom. The molecule has 15 heavy (non-hydrogen) atoms. The van der Waals surface area contributed by atoms with Gasteiger partial charge in [-0.25, -0.2) is 0 Å². The van der Waals surface area contributed by atoms with Gasteiger partial charge < -0.3 is 11.1 Å². The van der Waals surface area contributed by atoms with Gasteiger partial charge >= 0.3 is 0 Å². The zero-order valence-corrected chi connectivity index (χ0v) is 9.79. The van der Waals surface area contributed by atoms with Crippen LogP contribution in [-0.4, -0.2) is 12.6 Å². The van der Waals surface area contributed by atoms with Crippen molar-refractivity contribution in [3.05, 3.63) is 29.8 Å². The summed E-state index contributed by atoms with van der Waals surface area (Å²) in [6.07, 6.45) is 3.30. The monoisotopic (exact) mass is 206 g/mol. The molecule has 3 N–H and O–H groups in total. The molecule has 1 aromatic rings. The summed E-state index contributed by atoms with van der Waals surface area (Å²) < 4.78 is 0. The van der Waals surface area contributed by atoms with Crippen LogP contribution in [0.25, 0.3) is 0 Å². The second-order valence-corrected chi connectivity index (χ2v) is 3.89. The molecular weight excluding hydrogens is 184 g/mol. The van der Waals surface area contributed by atoms with Gasteiger partial charge in [-0.3, -0.25) is 0 Å². The summed E-state index contributed by atoms with van der Waals surface area (Å²) in [6.45, 7) is 5.15. The number of hydrogen-bond acceptors (Lipinski definition) is 2. The minimum atomic E-state index is 0.588. The zero-order valence-electron chi connectivity index (χ0n) is 9.79. The number of nitrogens with one attached hydrogen (secondary N) is 1. The molecule has 0 spiro atoms. The number of benzene rings is 1. The summed E-state index contributed by atoms with van der Waals surface area (Å²) in [5, 5.41) is 3.52. The summed E-state index contributed by atoms with van der Waals surface area (Å²) in [4.78, 5) is 0. The molecule has 0 aliphatic rings. The third-order valence-corrected chi connectivity index (χ3v) is 2.74. The molecule has 0 atom stereocenters. The first kappa shape index (κ1) is 12.1. The molecule has 0 unspecified atom stereocenters. The van der Waals surface area contributed by atoms with Crippen LogP contribution in [0.5, 0.6) is 0 Å². The molecular formula is C13H22N2. The van der Waals surface area contributed by atoms with Gasteiger partial charge in [0.1, 0.15) is 0 Å². The highest BCUT2D eigenvalue weighted by Crippen LogP contribution is 2.13. The molecule has 0 bridgehead atoms. The van der Waals surface area contributed by atoms with Crippen LogP contribution in [0.2, 0.25) is 0 Å². The van der Waals surface area contributed by atoms with Crippen LogP contribution in [0.4, 0.5) is 5.69 Å². The molecule has 84 valence electrons. The van der Waals surface area contributed by atoms with E-state index in [-0.39, 0.29) is 0 Å². The van der Waals surface area contributed by atoms with Gasteiger partial charge in [-0.1, -0.05) is 26.0 Å². The normalized spacial score (nSPS) is 10.7. The van der Waals surface area contributed by atoms with Crippen LogP contribution in [-0.2, 0) is 6.42 Å². The maximum absolute atomic E-state index is 5.51. The summed E-state index contributed by atoms with van der Waals surface area (Å²) in [5.41, 5.74) is 8.03. The van der Waals surface area contributed by atoms with Crippen LogP contribution < -0.4 is 11.1 Å². The van der Waals surface area contributed by atoms with E-state index >= 15 is 0 Å². The summed E-state index contributed by atoms with van der Waals surface area (Å²) in [6, 6.07) is 9.17. The van der Waals surface area contributed by atoms with Crippen LogP contribution >= 0.6 is 0 Å². The van der Waals surface area contributed by atoms with Crippen molar-refractivity contribution < 1.29 is 0 Å². The maximum Gasteiger partial charge on any atom is 0.0342 e. The lowest BCUT2D eigenvalue weighted by Gasteiger charge is -2.16. The summed E-state index contributed by atoms with van der Waals surface area (Å²) >= 11 is 0. The third-order valence-electron chi connectivity index (χ3n) is 2.74. The maximum atomic E-state index is 5.51. The Labute approximate surface area is 92.9 Å². The molecule has 0 heterocycles. The Morgan fingerprint density at radius 1 is 1.13 bits per heavy atom. The fourth-order valence-corrected chi connectivity index (χ4v) is 1.66. The molecule has 0 aliphatic heterocycles. The molecule has 0 radical (unpaired) electrons. The first-order valence-corrected chi connectivity index (χ1v) is 5.85. The largest absolute Gasteiger partial charge is 0.382 e. The number of rotatable bonds is 6. The Kier molecular flexibility index (Phi) is 5.19. The minimum Gasteiger partial charge on any atom is -0.382 e. The van der Waals surface area contributed by atoms with Crippen LogP contribution in [0.15, 0.2) is 24.3 Å². The van der Waals surface area contributed by atoms with E-state index in [0.29, 0.717) is 6.04 Å². The summed E-state index contributed by atoms with van der Waals surface area (Å²) in [5.74, 6) is 0. The molecule has 0 aliphatic carbocycles. The van der Waals surface area contributed by atoms with Gasteiger partial charge in [-0.05, 0) is 43.5 Å². The van der Waals surface area contributed by atoms with Gasteiger partial charge in [-0.2, -0.15) is 0 Å². The molecule has 0 fully saturated rings. The van der Waals surface area contributed by atoms with Crippen molar-refractivity contribution in [2.24, 2.45) is 5.73 Å². The van der Waals surface area contributed by atoms with Crippen molar-refractivity contribution in [2.75, 3.05) is 11.9 Å². The van der Waals surface area contributed by atoms with Crippen molar-refractivity contribution in [3.8, 4) is 0 Å². The fourth-order valence-electron chi connectivity index (χ4n) is 1.66.